The van der Waals surface area contributed by atoms with Crippen molar-refractivity contribution in [2.45, 2.75) is 39.8 Å². The Balaban J connectivity index is 1.51. The fraction of sp³-hybridized carbons (Fsp3) is 0.435. The van der Waals surface area contributed by atoms with Crippen LogP contribution in [0.3, 0.4) is 0 Å². The van der Waals surface area contributed by atoms with Crippen molar-refractivity contribution in [1.82, 2.24) is 5.32 Å². The van der Waals surface area contributed by atoms with Crippen molar-refractivity contribution >= 4 is 21.9 Å². The number of hydrogen-bond donors (Lipinski definition) is 1. The molecule has 1 aliphatic rings. The van der Waals surface area contributed by atoms with Crippen LogP contribution in [-0.4, -0.2) is 25.3 Å². The van der Waals surface area contributed by atoms with Gasteiger partial charge < -0.3 is 9.47 Å². The zero-order valence-corrected chi connectivity index (χ0v) is 18.3. The molecule has 150 valence electrons. The van der Waals surface area contributed by atoms with Crippen molar-refractivity contribution in [2.24, 2.45) is 11.3 Å². The largest absolute Gasteiger partial charge is 0.493 e. The molecule has 1 fully saturated rings. The molecule has 0 spiro atoms. The molecule has 3 rings (SSSR count). The fourth-order valence-corrected chi connectivity index (χ4v) is 3.34. The summed E-state index contributed by atoms with van der Waals surface area (Å²) < 4.78 is 12.7. The van der Waals surface area contributed by atoms with Gasteiger partial charge in [-0.15, -0.1) is 0 Å². The van der Waals surface area contributed by atoms with Crippen molar-refractivity contribution in [3.05, 3.63) is 64.1 Å². The molecule has 1 saturated heterocycles. The van der Waals surface area contributed by atoms with Crippen molar-refractivity contribution in [3.8, 4) is 5.75 Å². The number of nitrogens with one attached hydrogen (secondary N) is 1. The van der Waals surface area contributed by atoms with Crippen LogP contribution < -0.4 is 10.1 Å². The van der Waals surface area contributed by atoms with Crippen LogP contribution in [0.2, 0.25) is 0 Å². The van der Waals surface area contributed by atoms with E-state index in [1.807, 2.05) is 32.9 Å². The first-order valence-electron chi connectivity index (χ1n) is 9.72. The monoisotopic (exact) mass is 445 g/mol. The summed E-state index contributed by atoms with van der Waals surface area (Å²) in [6, 6.07) is 16.6. The van der Waals surface area contributed by atoms with Gasteiger partial charge in [-0.05, 0) is 75.5 Å². The molecule has 1 heterocycles. The minimum Gasteiger partial charge on any atom is -0.493 e. The molecule has 28 heavy (non-hydrogen) atoms. The van der Waals surface area contributed by atoms with E-state index in [4.69, 9.17) is 9.47 Å². The lowest BCUT2D eigenvalue weighted by Crippen LogP contribution is -2.38. The number of benzene rings is 2. The highest BCUT2D eigenvalue weighted by Crippen LogP contribution is 2.24. The van der Waals surface area contributed by atoms with Crippen LogP contribution in [-0.2, 0) is 16.0 Å². The molecule has 1 unspecified atom stereocenters. The number of esters is 1. The molecule has 1 aliphatic heterocycles. The average Bonchev–Trinajstić information content (AvgIpc) is 3.09. The van der Waals surface area contributed by atoms with Gasteiger partial charge in [0.05, 0.1) is 12.0 Å². The maximum atomic E-state index is 12.1. The summed E-state index contributed by atoms with van der Waals surface area (Å²) >= 11 is 3.46. The summed E-state index contributed by atoms with van der Waals surface area (Å²) in [6.07, 6.45) is 1.55. The lowest BCUT2D eigenvalue weighted by Gasteiger charge is -2.24. The van der Waals surface area contributed by atoms with Gasteiger partial charge in [-0.2, -0.15) is 0 Å². The Kier molecular flexibility index (Phi) is 6.78. The number of carbonyl (C=O) groups excluding carboxylic acids is 1. The molecule has 0 saturated carbocycles. The Bertz CT molecular complexity index is 781. The highest BCUT2D eigenvalue weighted by Gasteiger charge is 2.34. The molecule has 2 aromatic rings. The molecule has 0 amide bonds. The van der Waals surface area contributed by atoms with E-state index < -0.39 is 5.41 Å². The molecular weight excluding hydrogens is 418 g/mol. The van der Waals surface area contributed by atoms with Crippen LogP contribution in [0.1, 0.15) is 38.3 Å². The fourth-order valence-electron chi connectivity index (χ4n) is 3.07. The van der Waals surface area contributed by atoms with E-state index in [0.717, 1.165) is 29.6 Å². The number of ether oxygens (including phenoxy) is 2. The lowest BCUT2D eigenvalue weighted by atomic mass is 9.97. The minimum absolute atomic E-state index is 0.161. The highest BCUT2D eigenvalue weighted by atomic mass is 79.9. The van der Waals surface area contributed by atoms with E-state index in [-0.39, 0.29) is 18.1 Å². The van der Waals surface area contributed by atoms with Crippen molar-refractivity contribution in [3.63, 3.8) is 0 Å². The Morgan fingerprint density at radius 1 is 1.07 bits per heavy atom. The third kappa shape index (κ3) is 5.82. The predicted molar refractivity (Wildman–Crippen MR) is 114 cm³/mol. The van der Waals surface area contributed by atoms with Gasteiger partial charge >= 0.3 is 5.97 Å². The second-order valence-corrected chi connectivity index (χ2v) is 9.25. The molecular formula is C23H28BrNO3. The molecule has 0 radical (unpaired) electrons. The van der Waals surface area contributed by atoms with Gasteiger partial charge in [-0.1, -0.05) is 40.2 Å². The van der Waals surface area contributed by atoms with Crippen LogP contribution in [0, 0.1) is 11.3 Å². The second kappa shape index (κ2) is 9.10. The van der Waals surface area contributed by atoms with E-state index in [2.05, 4.69) is 57.6 Å². The summed E-state index contributed by atoms with van der Waals surface area (Å²) in [7, 11) is 0. The molecule has 2 aromatic carbocycles. The van der Waals surface area contributed by atoms with Crippen molar-refractivity contribution in [1.29, 1.82) is 0 Å². The van der Waals surface area contributed by atoms with Crippen LogP contribution in [0.15, 0.2) is 53.0 Å². The topological polar surface area (TPSA) is 47.6 Å². The zero-order valence-electron chi connectivity index (χ0n) is 16.7. The summed E-state index contributed by atoms with van der Waals surface area (Å²) in [5, 5.41) is 3.26. The maximum Gasteiger partial charge on any atom is 0.312 e. The Morgan fingerprint density at radius 3 is 2.29 bits per heavy atom. The van der Waals surface area contributed by atoms with Crippen LogP contribution in [0.25, 0.3) is 0 Å². The molecule has 4 nitrogen and oxygen atoms in total. The van der Waals surface area contributed by atoms with Crippen LogP contribution in [0.4, 0.5) is 0 Å². The molecule has 0 bridgehead atoms. The average molecular weight is 446 g/mol. The van der Waals surface area contributed by atoms with Gasteiger partial charge in [0.25, 0.3) is 0 Å². The van der Waals surface area contributed by atoms with Gasteiger partial charge in [0, 0.05) is 10.4 Å². The lowest BCUT2D eigenvalue weighted by molar-refractivity contribution is -0.162. The SMILES string of the molecule is CC(C)(C)C(=O)OC1NCC[C@@H]1COc1ccc(Cc2ccc(Br)cc2)cc1. The number of hydrogen-bond acceptors (Lipinski definition) is 4. The van der Waals surface area contributed by atoms with Crippen LogP contribution >= 0.6 is 15.9 Å². The smallest absolute Gasteiger partial charge is 0.312 e. The summed E-state index contributed by atoms with van der Waals surface area (Å²) in [5.41, 5.74) is 2.02. The first kappa shape index (κ1) is 20.9. The molecule has 5 heteroatoms. The highest BCUT2D eigenvalue weighted by molar-refractivity contribution is 9.10. The zero-order chi connectivity index (χ0) is 20.1. The Labute approximate surface area is 175 Å². The summed E-state index contributed by atoms with van der Waals surface area (Å²) in [6.45, 7) is 6.96. The van der Waals surface area contributed by atoms with E-state index in [0.29, 0.717) is 6.61 Å². The molecule has 2 atom stereocenters. The summed E-state index contributed by atoms with van der Waals surface area (Å²) in [5.74, 6) is 0.815. The number of halogens is 1. The quantitative estimate of drug-likeness (QED) is 0.639. The first-order valence-corrected chi connectivity index (χ1v) is 10.5. The van der Waals surface area contributed by atoms with Gasteiger partial charge in [0.2, 0.25) is 0 Å². The second-order valence-electron chi connectivity index (χ2n) is 8.34. The van der Waals surface area contributed by atoms with Gasteiger partial charge in [-0.3, -0.25) is 10.1 Å². The normalized spacial score (nSPS) is 19.4. The standard InChI is InChI=1S/C23H28BrNO3/c1-23(2,3)22(26)28-21-18(12-13-25-21)15-27-20-10-6-17(7-11-20)14-16-4-8-19(24)9-5-16/h4-11,18,21,25H,12-15H2,1-3H3/t18-,21?/m1/s1. The minimum atomic E-state index is -0.500. The predicted octanol–water partition coefficient (Wildman–Crippen LogP) is 4.94. The van der Waals surface area contributed by atoms with Crippen molar-refractivity contribution < 1.29 is 14.3 Å². The Morgan fingerprint density at radius 2 is 1.68 bits per heavy atom. The third-order valence-corrected chi connectivity index (χ3v) is 5.37. The van der Waals surface area contributed by atoms with E-state index >= 15 is 0 Å². The molecule has 1 N–H and O–H groups in total. The Hall–Kier alpha value is -1.85. The number of carbonyl (C=O) groups is 1. The van der Waals surface area contributed by atoms with Gasteiger partial charge in [0.15, 0.2) is 6.23 Å². The first-order chi connectivity index (χ1) is 13.3. The molecule has 0 aliphatic carbocycles. The van der Waals surface area contributed by atoms with E-state index in [9.17, 15) is 4.79 Å². The third-order valence-electron chi connectivity index (χ3n) is 4.84. The van der Waals surface area contributed by atoms with Gasteiger partial charge in [-0.25, -0.2) is 0 Å². The number of rotatable bonds is 6. The summed E-state index contributed by atoms with van der Waals surface area (Å²) in [4.78, 5) is 12.1. The maximum absolute atomic E-state index is 12.1. The van der Waals surface area contributed by atoms with Gasteiger partial charge in [0.1, 0.15) is 5.75 Å². The van der Waals surface area contributed by atoms with E-state index in [1.165, 1.54) is 11.1 Å². The molecule has 0 aromatic heterocycles. The van der Waals surface area contributed by atoms with Crippen LogP contribution in [0.5, 0.6) is 5.75 Å². The van der Waals surface area contributed by atoms with E-state index in [1.54, 1.807) is 0 Å². The van der Waals surface area contributed by atoms with Crippen molar-refractivity contribution in [2.75, 3.05) is 13.2 Å².